The van der Waals surface area contributed by atoms with Crippen molar-refractivity contribution >= 4 is 0 Å². The van der Waals surface area contributed by atoms with Crippen LogP contribution in [-0.4, -0.2) is 0 Å². The second-order valence-corrected chi connectivity index (χ2v) is 6.15. The van der Waals surface area contributed by atoms with Crippen molar-refractivity contribution in [3.8, 4) is 0 Å². The van der Waals surface area contributed by atoms with Gasteiger partial charge in [0.15, 0.2) is 0 Å². The van der Waals surface area contributed by atoms with Crippen LogP contribution < -0.4 is 0 Å². The van der Waals surface area contributed by atoms with Crippen LogP contribution in [0.4, 0.5) is 0 Å². The van der Waals surface area contributed by atoms with Gasteiger partial charge >= 0.3 is 0 Å². The van der Waals surface area contributed by atoms with Gasteiger partial charge in [-0.15, -0.1) is 0 Å². The third-order valence-corrected chi connectivity index (χ3v) is 4.84. The van der Waals surface area contributed by atoms with Gasteiger partial charge < -0.3 is 4.74 Å². The van der Waals surface area contributed by atoms with Crippen molar-refractivity contribution < 1.29 is 4.74 Å². The molecule has 2 bridgehead atoms. The highest BCUT2D eigenvalue weighted by Crippen LogP contribution is 2.53. The molecule has 2 aromatic carbocycles. The van der Waals surface area contributed by atoms with E-state index in [4.69, 9.17) is 4.74 Å². The van der Waals surface area contributed by atoms with Crippen molar-refractivity contribution in [2.75, 3.05) is 0 Å². The van der Waals surface area contributed by atoms with Crippen molar-refractivity contribution in [3.63, 3.8) is 0 Å². The molecule has 2 atom stereocenters. The lowest BCUT2D eigenvalue weighted by atomic mass is 9.90. The second kappa shape index (κ2) is 5.06. The summed E-state index contributed by atoms with van der Waals surface area (Å²) in [5.74, 6) is 1.69. The minimum absolute atomic E-state index is 0.698. The Morgan fingerprint density at radius 2 is 1.55 bits per heavy atom. The fourth-order valence-corrected chi connectivity index (χ4v) is 3.85. The van der Waals surface area contributed by atoms with Gasteiger partial charge in [0.05, 0.1) is 13.2 Å². The number of rotatable bonds is 4. The van der Waals surface area contributed by atoms with Crippen molar-refractivity contribution in [2.45, 2.75) is 44.3 Å². The van der Waals surface area contributed by atoms with Gasteiger partial charge in [-0.2, -0.15) is 0 Å². The van der Waals surface area contributed by atoms with Gasteiger partial charge in [0, 0.05) is 0 Å². The summed E-state index contributed by atoms with van der Waals surface area (Å²) in [6, 6.07) is 17.4. The molecule has 102 valence electrons. The number of hydrogen-bond acceptors (Lipinski definition) is 1. The summed E-state index contributed by atoms with van der Waals surface area (Å²) in [5, 5.41) is 0. The normalized spacial score (nSPS) is 23.0. The Morgan fingerprint density at radius 3 is 2.40 bits per heavy atom. The van der Waals surface area contributed by atoms with Crippen molar-refractivity contribution in [3.05, 3.63) is 70.8 Å². The predicted octanol–water partition coefficient (Wildman–Crippen LogP) is 4.77. The number of ether oxygens (including phenoxy) is 1. The zero-order chi connectivity index (χ0) is 13.4. The Labute approximate surface area is 120 Å². The Bertz CT molecular complexity index is 602. The topological polar surface area (TPSA) is 9.23 Å². The molecule has 0 spiro atoms. The Balaban J connectivity index is 1.42. The van der Waals surface area contributed by atoms with E-state index >= 15 is 0 Å². The maximum Gasteiger partial charge on any atom is 0.0721 e. The molecule has 2 aromatic rings. The van der Waals surface area contributed by atoms with Gasteiger partial charge in [0.25, 0.3) is 0 Å². The first-order chi connectivity index (χ1) is 9.90. The van der Waals surface area contributed by atoms with E-state index in [1.807, 2.05) is 6.07 Å². The summed E-state index contributed by atoms with van der Waals surface area (Å²) in [5.41, 5.74) is 5.80. The van der Waals surface area contributed by atoms with Crippen molar-refractivity contribution in [1.82, 2.24) is 0 Å². The Hall–Kier alpha value is -1.60. The van der Waals surface area contributed by atoms with Gasteiger partial charge in [0.1, 0.15) is 0 Å². The maximum absolute atomic E-state index is 5.85. The first-order valence-electron chi connectivity index (χ1n) is 7.64. The number of benzene rings is 2. The van der Waals surface area contributed by atoms with Crippen LogP contribution in [0.1, 0.15) is 53.4 Å². The van der Waals surface area contributed by atoms with Crippen molar-refractivity contribution in [1.29, 1.82) is 0 Å². The lowest BCUT2D eigenvalue weighted by molar-refractivity contribution is 0.107. The highest BCUT2D eigenvalue weighted by Gasteiger charge is 2.36. The lowest BCUT2D eigenvalue weighted by Gasteiger charge is -2.16. The summed E-state index contributed by atoms with van der Waals surface area (Å²) in [6.07, 6.45) is 4.19. The summed E-state index contributed by atoms with van der Waals surface area (Å²) in [6.45, 7) is 1.42. The molecule has 2 aliphatic carbocycles. The molecule has 1 fully saturated rings. The van der Waals surface area contributed by atoms with Gasteiger partial charge in [-0.05, 0) is 53.4 Å². The Morgan fingerprint density at radius 1 is 0.800 bits per heavy atom. The zero-order valence-corrected chi connectivity index (χ0v) is 11.7. The van der Waals surface area contributed by atoms with Crippen LogP contribution in [0.2, 0.25) is 0 Å². The van der Waals surface area contributed by atoms with Gasteiger partial charge in [-0.1, -0.05) is 48.5 Å². The molecular weight excluding hydrogens is 244 g/mol. The minimum atomic E-state index is 0.698. The molecule has 0 N–H and O–H groups in total. The molecule has 2 aliphatic rings. The van der Waals surface area contributed by atoms with E-state index in [1.165, 1.54) is 30.4 Å². The molecular formula is C19H20O. The van der Waals surface area contributed by atoms with Gasteiger partial charge in [-0.3, -0.25) is 0 Å². The first-order valence-corrected chi connectivity index (χ1v) is 7.64. The number of fused-ring (bicyclic) bond motifs is 5. The minimum Gasteiger partial charge on any atom is -0.372 e. The molecule has 0 aromatic heterocycles. The molecule has 0 saturated heterocycles. The summed E-state index contributed by atoms with van der Waals surface area (Å²) >= 11 is 0. The molecule has 1 nitrogen and oxygen atoms in total. The van der Waals surface area contributed by atoms with Crippen LogP contribution in [-0.2, 0) is 18.0 Å². The smallest absolute Gasteiger partial charge is 0.0721 e. The lowest BCUT2D eigenvalue weighted by Crippen LogP contribution is -2.00. The predicted molar refractivity (Wildman–Crippen MR) is 80.7 cm³/mol. The van der Waals surface area contributed by atoms with Crippen LogP contribution >= 0.6 is 0 Å². The van der Waals surface area contributed by atoms with E-state index in [0.717, 1.165) is 18.4 Å². The van der Waals surface area contributed by atoms with E-state index in [2.05, 4.69) is 42.5 Å². The summed E-state index contributed by atoms with van der Waals surface area (Å²) < 4.78 is 5.85. The van der Waals surface area contributed by atoms with Crippen LogP contribution in [0, 0.1) is 0 Å². The van der Waals surface area contributed by atoms with Crippen LogP contribution in [0.3, 0.4) is 0 Å². The van der Waals surface area contributed by atoms with Crippen LogP contribution in [0.25, 0.3) is 0 Å². The molecule has 1 saturated carbocycles. The fraction of sp³-hybridized carbons (Fsp3) is 0.368. The molecule has 4 rings (SSSR count). The van der Waals surface area contributed by atoms with Crippen molar-refractivity contribution in [2.24, 2.45) is 0 Å². The summed E-state index contributed by atoms with van der Waals surface area (Å²) in [4.78, 5) is 0. The zero-order valence-electron chi connectivity index (χ0n) is 11.7. The third-order valence-electron chi connectivity index (χ3n) is 4.84. The molecule has 0 radical (unpaired) electrons. The van der Waals surface area contributed by atoms with Gasteiger partial charge in [-0.25, -0.2) is 0 Å². The van der Waals surface area contributed by atoms with E-state index in [-0.39, 0.29) is 0 Å². The SMILES string of the molecule is c1ccc(COCc2ccc3c(c2)C2CCC3C2)cc1. The average Bonchev–Trinajstić information content (AvgIpc) is 3.10. The quantitative estimate of drug-likeness (QED) is 0.773. The average molecular weight is 264 g/mol. The largest absolute Gasteiger partial charge is 0.372 e. The van der Waals surface area contributed by atoms with E-state index in [9.17, 15) is 0 Å². The second-order valence-electron chi connectivity index (χ2n) is 6.15. The fourth-order valence-electron chi connectivity index (χ4n) is 3.85. The maximum atomic E-state index is 5.85. The molecule has 2 unspecified atom stereocenters. The van der Waals surface area contributed by atoms with Crippen LogP contribution in [0.15, 0.2) is 48.5 Å². The van der Waals surface area contributed by atoms with Gasteiger partial charge in [0.2, 0.25) is 0 Å². The highest BCUT2D eigenvalue weighted by atomic mass is 16.5. The molecule has 0 amide bonds. The third kappa shape index (κ3) is 2.16. The molecule has 0 aliphatic heterocycles. The highest BCUT2D eigenvalue weighted by molar-refractivity contribution is 5.43. The van der Waals surface area contributed by atoms with E-state index in [0.29, 0.717) is 6.61 Å². The molecule has 0 heterocycles. The summed E-state index contributed by atoms with van der Waals surface area (Å²) in [7, 11) is 0. The van der Waals surface area contributed by atoms with E-state index < -0.39 is 0 Å². The molecule has 1 heteroatoms. The monoisotopic (exact) mass is 264 g/mol. The van der Waals surface area contributed by atoms with Crippen LogP contribution in [0.5, 0.6) is 0 Å². The standard InChI is InChI=1S/C19H20O/c1-2-4-14(5-3-1)12-20-13-15-6-9-18-16-7-8-17(11-16)19(18)10-15/h1-6,9-10,16-17H,7-8,11-13H2. The first kappa shape index (κ1) is 12.2. The Kier molecular flexibility index (Phi) is 3.08. The molecule has 20 heavy (non-hydrogen) atoms. The number of hydrogen-bond donors (Lipinski definition) is 0. The van der Waals surface area contributed by atoms with E-state index in [1.54, 1.807) is 11.1 Å².